The fraction of sp³-hybridized carbons (Fsp3) is 0.696. The molecule has 0 saturated heterocycles. The highest BCUT2D eigenvalue weighted by atomic mass is 16.5. The van der Waals surface area contributed by atoms with Gasteiger partial charge in [0, 0.05) is 0 Å². The Kier molecular flexibility index (Phi) is 5.86. The minimum absolute atomic E-state index is 0.172. The number of rotatable bonds is 8. The van der Waals surface area contributed by atoms with Gasteiger partial charge in [0.05, 0.1) is 12.2 Å². The Balaban J connectivity index is 1.61. The minimum atomic E-state index is -0.172. The van der Waals surface area contributed by atoms with Gasteiger partial charge in [0.15, 0.2) is 0 Å². The molecule has 2 nitrogen and oxygen atoms in total. The first kappa shape index (κ1) is 18.5. The summed E-state index contributed by atoms with van der Waals surface area (Å²) < 4.78 is 5.38. The van der Waals surface area contributed by atoms with Crippen molar-refractivity contribution in [2.75, 3.05) is 6.61 Å². The molecule has 1 aromatic rings. The number of benzene rings is 1. The second kappa shape index (κ2) is 7.93. The minimum Gasteiger partial charge on any atom is -0.462 e. The van der Waals surface area contributed by atoms with Gasteiger partial charge in [-0.25, -0.2) is 4.79 Å². The van der Waals surface area contributed by atoms with Crippen LogP contribution in [0.3, 0.4) is 0 Å². The van der Waals surface area contributed by atoms with Crippen LogP contribution in [0.4, 0.5) is 0 Å². The maximum atomic E-state index is 12.1. The molecule has 0 unspecified atom stereocenters. The molecular formula is C23H34O2. The molecule has 0 radical (unpaired) electrons. The summed E-state index contributed by atoms with van der Waals surface area (Å²) in [6.07, 6.45) is 14.1. The first-order valence-corrected chi connectivity index (χ1v) is 10.4. The monoisotopic (exact) mass is 342 g/mol. The predicted octanol–water partition coefficient (Wildman–Crippen LogP) is 6.43. The van der Waals surface area contributed by atoms with Crippen molar-refractivity contribution in [3.05, 3.63) is 35.4 Å². The third-order valence-corrected chi connectivity index (χ3v) is 6.90. The van der Waals surface area contributed by atoms with Gasteiger partial charge in [-0.3, -0.25) is 0 Å². The zero-order valence-electron chi connectivity index (χ0n) is 16.1. The lowest BCUT2D eigenvalue weighted by Gasteiger charge is -2.54. The molecule has 0 heterocycles. The number of esters is 1. The van der Waals surface area contributed by atoms with Gasteiger partial charge in [-0.2, -0.15) is 0 Å². The van der Waals surface area contributed by atoms with Gasteiger partial charge in [0.25, 0.3) is 0 Å². The summed E-state index contributed by atoms with van der Waals surface area (Å²) >= 11 is 0. The van der Waals surface area contributed by atoms with Crippen LogP contribution in [0.25, 0.3) is 0 Å². The van der Waals surface area contributed by atoms with Crippen LogP contribution in [-0.2, 0) is 10.2 Å². The molecule has 0 amide bonds. The van der Waals surface area contributed by atoms with E-state index in [1.165, 1.54) is 56.9 Å². The number of ether oxygens (including phenoxy) is 1. The topological polar surface area (TPSA) is 26.3 Å². The number of unbranched alkanes of at least 4 members (excludes halogenated alkanes) is 2. The first-order chi connectivity index (χ1) is 12.1. The van der Waals surface area contributed by atoms with Crippen molar-refractivity contribution in [1.82, 2.24) is 0 Å². The van der Waals surface area contributed by atoms with Crippen molar-refractivity contribution in [3.8, 4) is 0 Å². The molecule has 4 rings (SSSR count). The van der Waals surface area contributed by atoms with Crippen molar-refractivity contribution < 1.29 is 9.53 Å². The Morgan fingerprint density at radius 2 is 1.56 bits per heavy atom. The van der Waals surface area contributed by atoms with E-state index in [-0.39, 0.29) is 5.97 Å². The van der Waals surface area contributed by atoms with E-state index >= 15 is 0 Å². The van der Waals surface area contributed by atoms with E-state index in [1.807, 2.05) is 12.1 Å². The molecule has 3 aliphatic carbocycles. The molecule has 0 aromatic heterocycles. The fourth-order valence-electron chi connectivity index (χ4n) is 5.16. The number of carbonyl (C=O) groups is 1. The van der Waals surface area contributed by atoms with Crippen LogP contribution < -0.4 is 0 Å². The third-order valence-electron chi connectivity index (χ3n) is 6.90. The molecule has 3 aliphatic rings. The van der Waals surface area contributed by atoms with Crippen molar-refractivity contribution in [2.45, 2.75) is 89.9 Å². The van der Waals surface area contributed by atoms with E-state index in [2.05, 4.69) is 26.0 Å². The van der Waals surface area contributed by atoms with Gasteiger partial charge < -0.3 is 4.74 Å². The summed E-state index contributed by atoms with van der Waals surface area (Å²) in [4.78, 5) is 12.1. The highest BCUT2D eigenvalue weighted by Crippen LogP contribution is 2.59. The largest absolute Gasteiger partial charge is 0.462 e. The SMILES string of the molecule is CCCCCOC(=O)c1ccc(C23CCC(CCC)(CC2)CC3)cc1. The Morgan fingerprint density at radius 3 is 2.12 bits per heavy atom. The normalized spacial score (nSPS) is 28.1. The maximum absolute atomic E-state index is 12.1. The number of fused-ring (bicyclic) bond motifs is 3. The Hall–Kier alpha value is -1.31. The van der Waals surface area contributed by atoms with Crippen molar-refractivity contribution in [2.24, 2.45) is 5.41 Å². The van der Waals surface area contributed by atoms with Crippen LogP contribution in [0, 0.1) is 5.41 Å². The zero-order valence-corrected chi connectivity index (χ0v) is 16.1. The molecule has 2 heteroatoms. The average Bonchev–Trinajstić information content (AvgIpc) is 2.67. The maximum Gasteiger partial charge on any atom is 0.338 e. The Labute approximate surface area is 153 Å². The molecule has 3 saturated carbocycles. The number of hydrogen-bond donors (Lipinski definition) is 0. The van der Waals surface area contributed by atoms with Crippen LogP contribution in [0.5, 0.6) is 0 Å². The first-order valence-electron chi connectivity index (χ1n) is 10.4. The van der Waals surface area contributed by atoms with E-state index in [4.69, 9.17) is 4.74 Å². The van der Waals surface area contributed by atoms with Crippen LogP contribution in [0.15, 0.2) is 24.3 Å². The number of hydrogen-bond acceptors (Lipinski definition) is 2. The van der Waals surface area contributed by atoms with Gasteiger partial charge in [0.1, 0.15) is 0 Å². The molecule has 0 spiro atoms. The quantitative estimate of drug-likeness (QED) is 0.402. The van der Waals surface area contributed by atoms with Gasteiger partial charge >= 0.3 is 5.97 Å². The lowest BCUT2D eigenvalue weighted by molar-refractivity contribution is 0.0320. The molecule has 3 fully saturated rings. The van der Waals surface area contributed by atoms with Crippen LogP contribution in [-0.4, -0.2) is 12.6 Å². The molecule has 2 bridgehead atoms. The standard InChI is InChI=1S/C23H34O2/c1-3-5-6-18-25-21(24)19-7-9-20(10-8-19)23-15-12-22(11-4-2,13-16-23)14-17-23/h7-10H,3-6,11-18H2,1-2H3. The summed E-state index contributed by atoms with van der Waals surface area (Å²) in [6, 6.07) is 8.35. The second-order valence-corrected chi connectivity index (χ2v) is 8.45. The predicted molar refractivity (Wildman–Crippen MR) is 103 cm³/mol. The van der Waals surface area contributed by atoms with Gasteiger partial charge in [-0.1, -0.05) is 45.2 Å². The summed E-state index contributed by atoms with van der Waals surface area (Å²) in [5, 5.41) is 0. The van der Waals surface area contributed by atoms with E-state index in [0.717, 1.165) is 19.3 Å². The average molecular weight is 343 g/mol. The van der Waals surface area contributed by atoms with Crippen molar-refractivity contribution >= 4 is 5.97 Å². The summed E-state index contributed by atoms with van der Waals surface area (Å²) in [6.45, 7) is 5.02. The summed E-state index contributed by atoms with van der Waals surface area (Å²) in [5.41, 5.74) is 3.17. The highest BCUT2D eigenvalue weighted by molar-refractivity contribution is 5.89. The molecule has 138 valence electrons. The molecule has 0 aliphatic heterocycles. The van der Waals surface area contributed by atoms with Crippen LogP contribution in [0.1, 0.15) is 100 Å². The molecule has 0 N–H and O–H groups in total. The lowest BCUT2D eigenvalue weighted by Crippen LogP contribution is -2.44. The summed E-state index contributed by atoms with van der Waals surface area (Å²) in [5.74, 6) is -0.172. The summed E-state index contributed by atoms with van der Waals surface area (Å²) in [7, 11) is 0. The third kappa shape index (κ3) is 3.93. The molecular weight excluding hydrogens is 308 g/mol. The molecule has 1 aromatic carbocycles. The van der Waals surface area contributed by atoms with Crippen LogP contribution >= 0.6 is 0 Å². The molecule has 0 atom stereocenters. The Bertz CT molecular complexity index is 548. The van der Waals surface area contributed by atoms with Crippen molar-refractivity contribution in [3.63, 3.8) is 0 Å². The van der Waals surface area contributed by atoms with Crippen molar-refractivity contribution in [1.29, 1.82) is 0 Å². The smallest absolute Gasteiger partial charge is 0.338 e. The van der Waals surface area contributed by atoms with E-state index in [0.29, 0.717) is 23.0 Å². The lowest BCUT2D eigenvalue weighted by atomic mass is 9.51. The van der Waals surface area contributed by atoms with Gasteiger partial charge in [-0.15, -0.1) is 0 Å². The van der Waals surface area contributed by atoms with Gasteiger partial charge in [-0.05, 0) is 79.9 Å². The second-order valence-electron chi connectivity index (χ2n) is 8.45. The van der Waals surface area contributed by atoms with E-state index in [9.17, 15) is 4.79 Å². The molecule has 25 heavy (non-hydrogen) atoms. The number of carbonyl (C=O) groups excluding carboxylic acids is 1. The van der Waals surface area contributed by atoms with Gasteiger partial charge in [0.2, 0.25) is 0 Å². The van der Waals surface area contributed by atoms with E-state index in [1.54, 1.807) is 0 Å². The zero-order chi connectivity index (χ0) is 17.8. The van der Waals surface area contributed by atoms with E-state index < -0.39 is 0 Å². The fourth-order valence-corrected chi connectivity index (χ4v) is 5.16. The van der Waals surface area contributed by atoms with Crippen LogP contribution in [0.2, 0.25) is 0 Å². The Morgan fingerprint density at radius 1 is 0.920 bits per heavy atom. The highest BCUT2D eigenvalue weighted by Gasteiger charge is 2.48.